The second-order valence-corrected chi connectivity index (χ2v) is 3.51. The maximum atomic E-state index is 12.1. The minimum absolute atomic E-state index is 0.346. The van der Waals surface area contributed by atoms with E-state index in [-0.39, 0.29) is 5.78 Å². The summed E-state index contributed by atoms with van der Waals surface area (Å²) in [5.74, 6) is -0.346. The number of Topliss-reactive ketones (excluding diaryl/α,β-unsaturated/α-hetero) is 1. The fourth-order valence-electron chi connectivity index (χ4n) is 1.37. The van der Waals surface area contributed by atoms with Crippen molar-refractivity contribution in [2.45, 2.75) is 47.6 Å². The first-order valence-electron chi connectivity index (χ1n) is 7.75. The van der Waals surface area contributed by atoms with Gasteiger partial charge in [0.25, 0.3) is 0 Å². The lowest BCUT2D eigenvalue weighted by Crippen LogP contribution is -2.23. The van der Waals surface area contributed by atoms with Gasteiger partial charge in [0.15, 0.2) is 5.78 Å². The SMILES string of the molecule is C=C/C=C\C(=C/C)C(=O)C(O)C(/C=C\C)=C/C=C.CC.CC. The molecule has 0 saturated carbocycles. The largest absolute Gasteiger partial charge is 0.380 e. The fraction of sp³-hybridized carbons (Fsp3) is 0.350. The zero-order valence-corrected chi connectivity index (χ0v) is 15.0. The van der Waals surface area contributed by atoms with Gasteiger partial charge in [-0.15, -0.1) is 0 Å². The van der Waals surface area contributed by atoms with Crippen molar-refractivity contribution in [2.75, 3.05) is 0 Å². The predicted octanol–water partition coefficient (Wildman–Crippen LogP) is 5.35. The van der Waals surface area contributed by atoms with Crippen molar-refractivity contribution in [1.29, 1.82) is 0 Å². The lowest BCUT2D eigenvalue weighted by atomic mass is 9.98. The first kappa shape index (κ1) is 25.0. The zero-order valence-electron chi connectivity index (χ0n) is 15.0. The molecule has 2 nitrogen and oxygen atoms in total. The van der Waals surface area contributed by atoms with Crippen molar-refractivity contribution < 1.29 is 9.90 Å². The summed E-state index contributed by atoms with van der Waals surface area (Å²) >= 11 is 0. The van der Waals surface area contributed by atoms with Crippen molar-refractivity contribution >= 4 is 5.78 Å². The van der Waals surface area contributed by atoms with Crippen molar-refractivity contribution in [3.63, 3.8) is 0 Å². The molecular formula is C20H32O2. The van der Waals surface area contributed by atoms with Gasteiger partial charge >= 0.3 is 0 Å². The Hall–Kier alpha value is -1.93. The highest BCUT2D eigenvalue weighted by molar-refractivity contribution is 6.03. The maximum absolute atomic E-state index is 12.1. The third-order valence-electron chi connectivity index (χ3n) is 2.24. The van der Waals surface area contributed by atoms with Crippen molar-refractivity contribution in [1.82, 2.24) is 0 Å². The topological polar surface area (TPSA) is 37.3 Å². The van der Waals surface area contributed by atoms with Crippen molar-refractivity contribution in [3.8, 4) is 0 Å². The molecule has 0 aromatic heterocycles. The maximum Gasteiger partial charge on any atom is 0.195 e. The van der Waals surface area contributed by atoms with Gasteiger partial charge in [0, 0.05) is 5.57 Å². The molecule has 0 aliphatic carbocycles. The van der Waals surface area contributed by atoms with E-state index in [0.717, 1.165) is 0 Å². The van der Waals surface area contributed by atoms with Gasteiger partial charge in [-0.3, -0.25) is 4.79 Å². The van der Waals surface area contributed by atoms with E-state index in [0.29, 0.717) is 11.1 Å². The number of allylic oxidation sites excluding steroid dienone is 7. The number of hydrogen-bond donors (Lipinski definition) is 1. The molecule has 0 rings (SSSR count). The van der Waals surface area contributed by atoms with Crippen LogP contribution in [0.5, 0.6) is 0 Å². The van der Waals surface area contributed by atoms with Crippen LogP contribution in [0.1, 0.15) is 41.5 Å². The summed E-state index contributed by atoms with van der Waals surface area (Å²) in [5.41, 5.74) is 0.964. The van der Waals surface area contributed by atoms with Crippen LogP contribution in [-0.4, -0.2) is 17.0 Å². The van der Waals surface area contributed by atoms with E-state index in [4.69, 9.17) is 0 Å². The minimum atomic E-state index is -1.18. The molecule has 0 bridgehead atoms. The van der Waals surface area contributed by atoms with Gasteiger partial charge in [-0.1, -0.05) is 89.5 Å². The van der Waals surface area contributed by atoms with Crippen molar-refractivity contribution in [3.05, 3.63) is 72.9 Å². The summed E-state index contributed by atoms with van der Waals surface area (Å²) in [6, 6.07) is 0. The van der Waals surface area contributed by atoms with Crippen LogP contribution in [0.15, 0.2) is 72.9 Å². The summed E-state index contributed by atoms with van der Waals surface area (Å²) in [6.07, 6.45) is 12.0. The van der Waals surface area contributed by atoms with Gasteiger partial charge in [-0.2, -0.15) is 0 Å². The Morgan fingerprint density at radius 2 is 1.55 bits per heavy atom. The van der Waals surface area contributed by atoms with Crippen LogP contribution in [0.2, 0.25) is 0 Å². The zero-order chi connectivity index (χ0) is 18.0. The highest BCUT2D eigenvalue weighted by Crippen LogP contribution is 2.12. The molecule has 2 heteroatoms. The Morgan fingerprint density at radius 3 is 1.91 bits per heavy atom. The second kappa shape index (κ2) is 19.1. The van der Waals surface area contributed by atoms with E-state index < -0.39 is 6.10 Å². The van der Waals surface area contributed by atoms with E-state index in [9.17, 15) is 9.90 Å². The Bertz CT molecular complexity index is 421. The lowest BCUT2D eigenvalue weighted by Gasteiger charge is -2.11. The van der Waals surface area contributed by atoms with Crippen LogP contribution < -0.4 is 0 Å². The van der Waals surface area contributed by atoms with Gasteiger partial charge in [-0.05, 0) is 19.4 Å². The molecule has 0 aliphatic rings. The van der Waals surface area contributed by atoms with Gasteiger partial charge in [0.05, 0.1) is 0 Å². The summed E-state index contributed by atoms with van der Waals surface area (Å²) in [4.78, 5) is 12.1. The molecule has 0 aromatic rings. The van der Waals surface area contributed by atoms with E-state index in [1.807, 2.05) is 34.6 Å². The average Bonchev–Trinajstić information content (AvgIpc) is 2.58. The van der Waals surface area contributed by atoms with Crippen LogP contribution in [0, 0.1) is 0 Å². The molecule has 0 aromatic carbocycles. The third-order valence-corrected chi connectivity index (χ3v) is 2.24. The third kappa shape index (κ3) is 10.8. The molecule has 0 heterocycles. The van der Waals surface area contributed by atoms with Gasteiger partial charge in [-0.25, -0.2) is 0 Å². The highest BCUT2D eigenvalue weighted by Gasteiger charge is 2.19. The quantitative estimate of drug-likeness (QED) is 0.509. The summed E-state index contributed by atoms with van der Waals surface area (Å²) in [5, 5.41) is 10.0. The summed E-state index contributed by atoms with van der Waals surface area (Å²) < 4.78 is 0. The molecule has 124 valence electrons. The molecular weight excluding hydrogens is 272 g/mol. The number of rotatable bonds is 7. The number of hydrogen-bond acceptors (Lipinski definition) is 2. The average molecular weight is 304 g/mol. The molecule has 0 aliphatic heterocycles. The smallest absolute Gasteiger partial charge is 0.195 e. The van der Waals surface area contributed by atoms with Gasteiger partial charge < -0.3 is 5.11 Å². The van der Waals surface area contributed by atoms with E-state index in [1.54, 1.807) is 55.5 Å². The summed E-state index contributed by atoms with van der Waals surface area (Å²) in [7, 11) is 0. The Kier molecular flexibility index (Phi) is 21.7. The highest BCUT2D eigenvalue weighted by atomic mass is 16.3. The molecule has 22 heavy (non-hydrogen) atoms. The first-order valence-corrected chi connectivity index (χ1v) is 7.75. The molecule has 0 saturated heterocycles. The molecule has 1 unspecified atom stereocenters. The van der Waals surface area contributed by atoms with Crippen molar-refractivity contribution in [2.24, 2.45) is 0 Å². The first-order chi connectivity index (χ1) is 10.6. The number of carbonyl (C=O) groups excluding carboxylic acids is 1. The normalized spacial score (nSPS) is 12.9. The van der Waals surface area contributed by atoms with Crippen LogP contribution >= 0.6 is 0 Å². The van der Waals surface area contributed by atoms with Gasteiger partial charge in [0.1, 0.15) is 6.10 Å². The molecule has 1 atom stereocenters. The standard InChI is InChI=1S/C16H20O2.2C2H6/c1-5-9-12-13(8-4)15(17)16(18)14(10-6-2)11-7-3;2*1-2/h5-12,16,18H,1-2H2,3-4H3;2*1-2H3/b11-7-,12-9-,13-8+,14-10+;;. The van der Waals surface area contributed by atoms with E-state index >= 15 is 0 Å². The predicted molar refractivity (Wildman–Crippen MR) is 99.9 cm³/mol. The molecule has 0 spiro atoms. The molecule has 1 N–H and O–H groups in total. The van der Waals surface area contributed by atoms with Crippen LogP contribution in [-0.2, 0) is 4.79 Å². The Morgan fingerprint density at radius 1 is 1.00 bits per heavy atom. The Balaban J connectivity index is -0.000000826. The number of ketones is 1. The lowest BCUT2D eigenvalue weighted by molar-refractivity contribution is -0.121. The Labute approximate surface area is 137 Å². The van der Waals surface area contributed by atoms with E-state index in [2.05, 4.69) is 13.2 Å². The number of carbonyl (C=O) groups is 1. The van der Waals surface area contributed by atoms with E-state index in [1.165, 1.54) is 0 Å². The molecule has 0 amide bonds. The molecule has 0 fully saturated rings. The number of aliphatic hydroxyl groups excluding tert-OH is 1. The second-order valence-electron chi connectivity index (χ2n) is 3.51. The van der Waals surface area contributed by atoms with Crippen LogP contribution in [0.4, 0.5) is 0 Å². The van der Waals surface area contributed by atoms with Crippen LogP contribution in [0.3, 0.4) is 0 Å². The minimum Gasteiger partial charge on any atom is -0.380 e. The monoisotopic (exact) mass is 304 g/mol. The summed E-state index contributed by atoms with van der Waals surface area (Å²) in [6.45, 7) is 18.7. The molecule has 0 radical (unpaired) electrons. The fourth-order valence-corrected chi connectivity index (χ4v) is 1.37. The number of aliphatic hydroxyl groups is 1. The van der Waals surface area contributed by atoms with Crippen LogP contribution in [0.25, 0.3) is 0 Å². The van der Waals surface area contributed by atoms with Gasteiger partial charge in [0.2, 0.25) is 0 Å².